The average Bonchev–Trinajstić information content (AvgIpc) is 2.42. The number of hydrogen-bond donors (Lipinski definition) is 1. The highest BCUT2D eigenvalue weighted by Gasteiger charge is 2.03. The quantitative estimate of drug-likeness (QED) is 0.575. The maximum absolute atomic E-state index is 8.89. The summed E-state index contributed by atoms with van der Waals surface area (Å²) in [6.45, 7) is 8.46. The largest absolute Gasteiger partial charge is 0.495 e. The van der Waals surface area contributed by atoms with Crippen molar-refractivity contribution in [3.05, 3.63) is 41.5 Å². The van der Waals surface area contributed by atoms with Crippen LogP contribution < -0.4 is 10.1 Å². The molecule has 1 N–H and O–H groups in total. The van der Waals surface area contributed by atoms with Gasteiger partial charge in [-0.3, -0.25) is 0 Å². The zero-order chi connectivity index (χ0) is 14.1. The van der Waals surface area contributed by atoms with Gasteiger partial charge in [0.2, 0.25) is 0 Å². The molecule has 4 nitrogen and oxygen atoms in total. The summed E-state index contributed by atoms with van der Waals surface area (Å²) in [5, 5.41) is 12.2. The van der Waals surface area contributed by atoms with Gasteiger partial charge < -0.3 is 14.8 Å². The van der Waals surface area contributed by atoms with E-state index in [2.05, 4.69) is 18.0 Å². The third kappa shape index (κ3) is 5.56. The van der Waals surface area contributed by atoms with E-state index in [4.69, 9.17) is 14.7 Å². The molecular weight excluding hydrogens is 240 g/mol. The van der Waals surface area contributed by atoms with Gasteiger partial charge in [0.25, 0.3) is 0 Å². The Morgan fingerprint density at radius 2 is 2.26 bits per heavy atom. The van der Waals surface area contributed by atoms with Gasteiger partial charge in [-0.15, -0.1) is 0 Å². The fraction of sp³-hybridized carbons (Fsp3) is 0.400. The minimum Gasteiger partial charge on any atom is -0.495 e. The molecule has 1 aromatic rings. The van der Waals surface area contributed by atoms with Crippen LogP contribution in [0.15, 0.2) is 30.4 Å². The van der Waals surface area contributed by atoms with Crippen LogP contribution in [0.2, 0.25) is 0 Å². The number of hydrogen-bond acceptors (Lipinski definition) is 4. The zero-order valence-corrected chi connectivity index (χ0v) is 11.5. The van der Waals surface area contributed by atoms with E-state index in [1.807, 2.05) is 19.1 Å². The Balaban J connectivity index is 2.34. The molecule has 0 amide bonds. The van der Waals surface area contributed by atoms with Crippen molar-refractivity contribution >= 4 is 0 Å². The highest BCUT2D eigenvalue weighted by Crippen LogP contribution is 2.18. The molecule has 0 unspecified atom stereocenters. The number of nitrogens with zero attached hydrogens (tertiary/aromatic N) is 1. The number of nitrogens with one attached hydrogen (secondary N) is 1. The summed E-state index contributed by atoms with van der Waals surface area (Å²) in [6.07, 6.45) is 0. The minimum absolute atomic E-state index is 0.552. The molecule has 0 spiro atoms. The van der Waals surface area contributed by atoms with E-state index in [-0.39, 0.29) is 0 Å². The summed E-state index contributed by atoms with van der Waals surface area (Å²) in [6, 6.07) is 7.66. The summed E-state index contributed by atoms with van der Waals surface area (Å²) in [5.74, 6) is 0.611. The summed E-state index contributed by atoms with van der Waals surface area (Å²) < 4.78 is 10.5. The predicted octanol–water partition coefficient (Wildman–Crippen LogP) is 2.25. The van der Waals surface area contributed by atoms with Gasteiger partial charge in [0.15, 0.2) is 0 Å². The van der Waals surface area contributed by atoms with Crippen molar-refractivity contribution in [2.24, 2.45) is 0 Å². The number of benzene rings is 1. The molecule has 0 saturated heterocycles. The first kappa shape index (κ1) is 15.2. The lowest BCUT2D eigenvalue weighted by Crippen LogP contribution is -2.19. The normalized spacial score (nSPS) is 9.95. The topological polar surface area (TPSA) is 54.3 Å². The Labute approximate surface area is 114 Å². The van der Waals surface area contributed by atoms with Gasteiger partial charge >= 0.3 is 0 Å². The molecule has 0 heterocycles. The molecular formula is C15H20N2O2. The number of methoxy groups -OCH3 is 1. The second-order valence-electron chi connectivity index (χ2n) is 4.33. The monoisotopic (exact) mass is 260 g/mol. The molecule has 0 aliphatic carbocycles. The molecule has 0 aliphatic heterocycles. The molecule has 0 atom stereocenters. The van der Waals surface area contributed by atoms with Crippen LogP contribution >= 0.6 is 0 Å². The van der Waals surface area contributed by atoms with Crippen LogP contribution in [0.3, 0.4) is 0 Å². The third-order valence-corrected chi connectivity index (χ3v) is 2.49. The third-order valence-electron chi connectivity index (χ3n) is 2.49. The second-order valence-corrected chi connectivity index (χ2v) is 4.33. The van der Waals surface area contributed by atoms with E-state index in [9.17, 15) is 0 Å². The molecule has 1 aromatic carbocycles. The van der Waals surface area contributed by atoms with Crippen LogP contribution in [0, 0.1) is 11.3 Å². The predicted molar refractivity (Wildman–Crippen MR) is 75.0 cm³/mol. The average molecular weight is 260 g/mol. The van der Waals surface area contributed by atoms with Crippen LogP contribution in [0.5, 0.6) is 5.75 Å². The van der Waals surface area contributed by atoms with E-state index < -0.39 is 0 Å². The SMILES string of the molecule is C=C(C)COCCNCc1ccc(C#N)c(OC)c1. The molecule has 19 heavy (non-hydrogen) atoms. The van der Waals surface area contributed by atoms with Crippen molar-refractivity contribution in [3.63, 3.8) is 0 Å². The summed E-state index contributed by atoms with van der Waals surface area (Å²) in [5.41, 5.74) is 2.66. The Morgan fingerprint density at radius 3 is 2.89 bits per heavy atom. The van der Waals surface area contributed by atoms with Gasteiger partial charge in [0.05, 0.1) is 25.9 Å². The van der Waals surface area contributed by atoms with Gasteiger partial charge in [-0.2, -0.15) is 5.26 Å². The minimum atomic E-state index is 0.552. The van der Waals surface area contributed by atoms with E-state index >= 15 is 0 Å². The fourth-order valence-electron chi connectivity index (χ4n) is 1.56. The van der Waals surface area contributed by atoms with Crippen molar-refractivity contribution < 1.29 is 9.47 Å². The van der Waals surface area contributed by atoms with Crippen LogP contribution in [0.25, 0.3) is 0 Å². The van der Waals surface area contributed by atoms with Crippen LogP contribution in [0.1, 0.15) is 18.1 Å². The molecule has 0 radical (unpaired) electrons. The Bertz CT molecular complexity index is 464. The lowest BCUT2D eigenvalue weighted by Gasteiger charge is -2.08. The lowest BCUT2D eigenvalue weighted by atomic mass is 10.1. The summed E-state index contributed by atoms with van der Waals surface area (Å²) >= 11 is 0. The molecule has 102 valence electrons. The van der Waals surface area contributed by atoms with E-state index in [0.29, 0.717) is 24.5 Å². The van der Waals surface area contributed by atoms with Crippen molar-refractivity contribution in [3.8, 4) is 11.8 Å². The van der Waals surface area contributed by atoms with E-state index in [1.165, 1.54) is 0 Å². The van der Waals surface area contributed by atoms with Gasteiger partial charge in [0.1, 0.15) is 11.8 Å². The number of nitriles is 1. The maximum Gasteiger partial charge on any atom is 0.136 e. The Hall–Kier alpha value is -1.83. The second kappa shape index (κ2) is 8.30. The zero-order valence-electron chi connectivity index (χ0n) is 11.5. The highest BCUT2D eigenvalue weighted by atomic mass is 16.5. The molecule has 0 saturated carbocycles. The number of rotatable bonds is 8. The molecule has 0 aromatic heterocycles. The maximum atomic E-state index is 8.89. The van der Waals surface area contributed by atoms with Crippen molar-refractivity contribution in [1.29, 1.82) is 5.26 Å². The van der Waals surface area contributed by atoms with Crippen LogP contribution in [-0.4, -0.2) is 26.9 Å². The number of ether oxygens (including phenoxy) is 2. The first-order valence-corrected chi connectivity index (χ1v) is 6.17. The molecule has 0 aliphatic rings. The van der Waals surface area contributed by atoms with E-state index in [0.717, 1.165) is 24.2 Å². The molecule has 0 bridgehead atoms. The standard InChI is InChI=1S/C15H20N2O2/c1-12(2)11-19-7-6-17-10-13-4-5-14(9-16)15(8-13)18-3/h4-5,8,17H,1,6-7,10-11H2,2-3H3. The Morgan fingerprint density at radius 1 is 1.47 bits per heavy atom. The summed E-state index contributed by atoms with van der Waals surface area (Å²) in [7, 11) is 1.57. The lowest BCUT2D eigenvalue weighted by molar-refractivity contribution is 0.158. The van der Waals surface area contributed by atoms with Crippen LogP contribution in [-0.2, 0) is 11.3 Å². The first-order chi connectivity index (χ1) is 9.17. The molecule has 4 heteroatoms. The molecule has 1 rings (SSSR count). The van der Waals surface area contributed by atoms with Gasteiger partial charge in [-0.25, -0.2) is 0 Å². The van der Waals surface area contributed by atoms with Crippen LogP contribution in [0.4, 0.5) is 0 Å². The smallest absolute Gasteiger partial charge is 0.136 e. The van der Waals surface area contributed by atoms with Gasteiger partial charge in [-0.05, 0) is 24.6 Å². The van der Waals surface area contributed by atoms with Gasteiger partial charge in [0, 0.05) is 13.1 Å². The first-order valence-electron chi connectivity index (χ1n) is 6.17. The summed E-state index contributed by atoms with van der Waals surface area (Å²) in [4.78, 5) is 0. The van der Waals surface area contributed by atoms with Gasteiger partial charge in [-0.1, -0.05) is 18.2 Å². The highest BCUT2D eigenvalue weighted by molar-refractivity contribution is 5.45. The molecule has 0 fully saturated rings. The van der Waals surface area contributed by atoms with Crippen molar-refractivity contribution in [2.75, 3.05) is 26.9 Å². The van der Waals surface area contributed by atoms with Crippen molar-refractivity contribution in [2.45, 2.75) is 13.5 Å². The fourth-order valence-corrected chi connectivity index (χ4v) is 1.56. The van der Waals surface area contributed by atoms with Crippen molar-refractivity contribution in [1.82, 2.24) is 5.32 Å². The van der Waals surface area contributed by atoms with E-state index in [1.54, 1.807) is 13.2 Å². The Kier molecular flexibility index (Phi) is 6.65.